The van der Waals surface area contributed by atoms with Crippen molar-refractivity contribution in [3.05, 3.63) is 0 Å². The van der Waals surface area contributed by atoms with E-state index in [0.717, 1.165) is 0 Å². The van der Waals surface area contributed by atoms with Gasteiger partial charge in [0.1, 0.15) is 24.2 Å². The van der Waals surface area contributed by atoms with Crippen molar-refractivity contribution >= 4 is 29.6 Å². The number of primary amides is 1. The number of carbonyl (C=O) groups excluding carboxylic acids is 4. The standard InChI is InChI=1S/C15H27N5O8/c1-6(15(27)28)18-13(25)9(5-21)20-12(24)8(3-4-10(16)23)19-14(26)11(17)7(2)22/h6-9,11,21-22H,3-5,17H2,1-2H3,(H2,16,23)(H,18,25)(H,19,26)(H,20,24)(H,27,28). The fourth-order valence-electron chi connectivity index (χ4n) is 1.88. The summed E-state index contributed by atoms with van der Waals surface area (Å²) in [5.41, 5.74) is 10.5. The largest absolute Gasteiger partial charge is 0.480 e. The molecule has 0 aliphatic rings. The van der Waals surface area contributed by atoms with Crippen molar-refractivity contribution in [2.24, 2.45) is 11.5 Å². The van der Waals surface area contributed by atoms with Gasteiger partial charge in [-0.3, -0.25) is 24.0 Å². The van der Waals surface area contributed by atoms with Gasteiger partial charge in [0.05, 0.1) is 12.7 Å². The number of aliphatic hydroxyl groups excluding tert-OH is 2. The summed E-state index contributed by atoms with van der Waals surface area (Å²) in [7, 11) is 0. The zero-order valence-electron chi connectivity index (χ0n) is 15.5. The molecule has 4 amide bonds. The minimum atomic E-state index is -1.51. The third kappa shape index (κ3) is 8.75. The van der Waals surface area contributed by atoms with Gasteiger partial charge >= 0.3 is 5.97 Å². The summed E-state index contributed by atoms with van der Waals surface area (Å²) in [6.45, 7) is 1.59. The zero-order chi connectivity index (χ0) is 22.0. The third-order valence-corrected chi connectivity index (χ3v) is 3.68. The lowest BCUT2D eigenvalue weighted by atomic mass is 10.1. The topological polar surface area (TPSA) is 234 Å². The van der Waals surface area contributed by atoms with Gasteiger partial charge in [0.25, 0.3) is 0 Å². The van der Waals surface area contributed by atoms with Gasteiger partial charge in [-0.25, -0.2) is 0 Å². The molecular formula is C15H27N5O8. The molecule has 0 aromatic rings. The number of carbonyl (C=O) groups is 5. The molecule has 0 saturated heterocycles. The molecule has 0 aliphatic carbocycles. The van der Waals surface area contributed by atoms with Crippen LogP contribution in [0.5, 0.6) is 0 Å². The van der Waals surface area contributed by atoms with E-state index in [0.29, 0.717) is 0 Å². The van der Waals surface area contributed by atoms with E-state index >= 15 is 0 Å². The lowest BCUT2D eigenvalue weighted by Gasteiger charge is -2.24. The van der Waals surface area contributed by atoms with Gasteiger partial charge in [-0.2, -0.15) is 0 Å². The van der Waals surface area contributed by atoms with E-state index in [1.165, 1.54) is 13.8 Å². The maximum Gasteiger partial charge on any atom is 0.325 e. The highest BCUT2D eigenvalue weighted by Gasteiger charge is 2.30. The van der Waals surface area contributed by atoms with E-state index in [-0.39, 0.29) is 12.8 Å². The lowest BCUT2D eigenvalue weighted by molar-refractivity contribution is -0.142. The predicted molar refractivity (Wildman–Crippen MR) is 94.3 cm³/mol. The highest BCUT2D eigenvalue weighted by atomic mass is 16.4. The number of rotatable bonds is 12. The highest BCUT2D eigenvalue weighted by Crippen LogP contribution is 2.01. The molecule has 5 atom stereocenters. The zero-order valence-corrected chi connectivity index (χ0v) is 15.5. The number of amides is 4. The third-order valence-electron chi connectivity index (χ3n) is 3.68. The van der Waals surface area contributed by atoms with Crippen molar-refractivity contribution in [3.63, 3.8) is 0 Å². The molecule has 0 heterocycles. The Balaban J connectivity index is 5.17. The van der Waals surface area contributed by atoms with Crippen LogP contribution in [0.4, 0.5) is 0 Å². The number of hydrogen-bond donors (Lipinski definition) is 8. The summed E-state index contributed by atoms with van der Waals surface area (Å²) in [6.07, 6.45) is -1.73. The van der Waals surface area contributed by atoms with Crippen LogP contribution in [0.1, 0.15) is 26.7 Å². The first-order valence-corrected chi connectivity index (χ1v) is 8.37. The molecule has 0 aromatic heterocycles. The molecule has 0 aromatic carbocycles. The van der Waals surface area contributed by atoms with Crippen LogP contribution in [0.3, 0.4) is 0 Å². The Hall–Kier alpha value is -2.77. The normalized spacial score (nSPS) is 16.0. The number of carboxylic acids is 1. The van der Waals surface area contributed by atoms with Crippen LogP contribution in [-0.2, 0) is 24.0 Å². The summed E-state index contributed by atoms with van der Waals surface area (Å²) < 4.78 is 0. The summed E-state index contributed by atoms with van der Waals surface area (Å²) in [4.78, 5) is 58.1. The van der Waals surface area contributed by atoms with Crippen LogP contribution >= 0.6 is 0 Å². The SMILES string of the molecule is CC(NC(=O)C(CO)NC(=O)C(CCC(N)=O)NC(=O)C(N)C(C)O)C(=O)O. The Morgan fingerprint density at radius 2 is 1.43 bits per heavy atom. The van der Waals surface area contributed by atoms with Gasteiger partial charge in [-0.05, 0) is 20.3 Å². The van der Waals surface area contributed by atoms with Crippen LogP contribution in [0, 0.1) is 0 Å². The van der Waals surface area contributed by atoms with E-state index in [9.17, 15) is 34.2 Å². The smallest absolute Gasteiger partial charge is 0.325 e. The second kappa shape index (κ2) is 11.8. The highest BCUT2D eigenvalue weighted by molar-refractivity contribution is 5.94. The summed E-state index contributed by atoms with van der Waals surface area (Å²) >= 11 is 0. The van der Waals surface area contributed by atoms with Crippen LogP contribution in [0.15, 0.2) is 0 Å². The molecule has 0 fully saturated rings. The first-order valence-electron chi connectivity index (χ1n) is 8.37. The number of nitrogens with one attached hydrogen (secondary N) is 3. The molecule has 13 nitrogen and oxygen atoms in total. The van der Waals surface area contributed by atoms with Crippen LogP contribution in [0.25, 0.3) is 0 Å². The molecule has 0 aliphatic heterocycles. The average molecular weight is 405 g/mol. The maximum atomic E-state index is 12.4. The molecule has 160 valence electrons. The van der Waals surface area contributed by atoms with Crippen LogP contribution in [0.2, 0.25) is 0 Å². The second-order valence-electron chi connectivity index (χ2n) is 6.14. The first-order chi connectivity index (χ1) is 12.9. The summed E-state index contributed by atoms with van der Waals surface area (Å²) in [5.74, 6) is -4.87. The Morgan fingerprint density at radius 1 is 0.929 bits per heavy atom. The maximum absolute atomic E-state index is 12.4. The van der Waals surface area contributed by atoms with E-state index in [4.69, 9.17) is 16.6 Å². The molecular weight excluding hydrogens is 378 g/mol. The molecule has 10 N–H and O–H groups in total. The fourth-order valence-corrected chi connectivity index (χ4v) is 1.88. The number of carboxylic acid groups (broad SMARTS) is 1. The van der Waals surface area contributed by atoms with E-state index in [1.807, 2.05) is 0 Å². The summed E-state index contributed by atoms with van der Waals surface area (Å²) in [6, 6.07) is -5.47. The van der Waals surface area contributed by atoms with Crippen molar-refractivity contribution in [3.8, 4) is 0 Å². The second-order valence-corrected chi connectivity index (χ2v) is 6.14. The molecule has 0 bridgehead atoms. The quantitative estimate of drug-likeness (QED) is 0.156. The Morgan fingerprint density at radius 3 is 1.86 bits per heavy atom. The number of aliphatic carboxylic acids is 1. The minimum Gasteiger partial charge on any atom is -0.480 e. The molecule has 13 heteroatoms. The van der Waals surface area contributed by atoms with Crippen LogP contribution < -0.4 is 27.4 Å². The molecule has 0 spiro atoms. The molecule has 0 saturated carbocycles. The molecule has 5 unspecified atom stereocenters. The monoisotopic (exact) mass is 405 g/mol. The Labute approximate surface area is 160 Å². The van der Waals surface area contributed by atoms with E-state index in [2.05, 4.69) is 16.0 Å². The van der Waals surface area contributed by atoms with E-state index in [1.54, 1.807) is 0 Å². The van der Waals surface area contributed by atoms with Crippen molar-refractivity contribution in [2.75, 3.05) is 6.61 Å². The van der Waals surface area contributed by atoms with Crippen LogP contribution in [-0.4, -0.2) is 81.8 Å². The van der Waals surface area contributed by atoms with Crippen molar-refractivity contribution < 1.29 is 39.3 Å². The molecule has 0 rings (SSSR count). The van der Waals surface area contributed by atoms with Gasteiger partial charge in [-0.1, -0.05) is 0 Å². The van der Waals surface area contributed by atoms with E-state index < -0.39 is 66.5 Å². The minimum absolute atomic E-state index is 0.231. The van der Waals surface area contributed by atoms with Gasteiger partial charge in [0.2, 0.25) is 23.6 Å². The van der Waals surface area contributed by atoms with Crippen molar-refractivity contribution in [1.29, 1.82) is 0 Å². The lowest BCUT2D eigenvalue weighted by Crippen LogP contribution is -2.58. The molecule has 28 heavy (non-hydrogen) atoms. The Bertz CT molecular complexity index is 597. The van der Waals surface area contributed by atoms with Gasteiger partial charge < -0.3 is 42.7 Å². The van der Waals surface area contributed by atoms with Crippen molar-refractivity contribution in [2.45, 2.75) is 57.0 Å². The fraction of sp³-hybridized carbons (Fsp3) is 0.667. The molecule has 0 radical (unpaired) electrons. The Kier molecular flexibility index (Phi) is 10.7. The average Bonchev–Trinajstić information content (AvgIpc) is 2.61. The first kappa shape index (κ1) is 25.2. The summed E-state index contributed by atoms with van der Waals surface area (Å²) in [5, 5.41) is 33.9. The number of aliphatic hydroxyl groups is 2. The predicted octanol–water partition coefficient (Wildman–Crippen LogP) is -4.49. The number of nitrogens with two attached hydrogens (primary N) is 2. The number of hydrogen-bond acceptors (Lipinski definition) is 8. The van der Waals surface area contributed by atoms with Crippen molar-refractivity contribution in [1.82, 2.24) is 16.0 Å². The van der Waals surface area contributed by atoms with Gasteiger partial charge in [-0.15, -0.1) is 0 Å². The van der Waals surface area contributed by atoms with Gasteiger partial charge in [0, 0.05) is 6.42 Å². The van der Waals surface area contributed by atoms with Gasteiger partial charge in [0.15, 0.2) is 0 Å².